The molecule has 1 amide bonds. The second kappa shape index (κ2) is 8.71. The number of hydrogen-bond acceptors (Lipinski definition) is 4. The van der Waals surface area contributed by atoms with Crippen molar-refractivity contribution in [2.75, 3.05) is 26.2 Å². The number of piperidine rings is 1. The number of halogens is 1. The molecule has 1 aromatic carbocycles. The molecule has 134 valence electrons. The van der Waals surface area contributed by atoms with Crippen LogP contribution in [-0.4, -0.2) is 51.8 Å². The van der Waals surface area contributed by atoms with Gasteiger partial charge in [0.2, 0.25) is 5.91 Å². The predicted molar refractivity (Wildman–Crippen MR) is 92.3 cm³/mol. The Balaban J connectivity index is 1.37. The molecule has 1 atom stereocenters. The molecule has 1 aliphatic rings. The molecule has 0 bridgehead atoms. The van der Waals surface area contributed by atoms with E-state index in [1.165, 1.54) is 12.1 Å². The van der Waals surface area contributed by atoms with E-state index in [1.807, 2.05) is 4.68 Å². The summed E-state index contributed by atoms with van der Waals surface area (Å²) >= 11 is 0. The van der Waals surface area contributed by atoms with Crippen molar-refractivity contribution in [1.29, 1.82) is 0 Å². The van der Waals surface area contributed by atoms with E-state index in [4.69, 9.17) is 0 Å². The Morgan fingerprint density at radius 2 is 2.16 bits per heavy atom. The van der Waals surface area contributed by atoms with Crippen LogP contribution < -0.4 is 5.32 Å². The number of benzene rings is 1. The average Bonchev–Trinajstić information content (AvgIpc) is 3.10. The molecule has 3 rings (SSSR count). The highest BCUT2D eigenvalue weighted by atomic mass is 19.1. The number of rotatable bonds is 7. The summed E-state index contributed by atoms with van der Waals surface area (Å²) < 4.78 is 14.7. The third-order valence-corrected chi connectivity index (χ3v) is 4.53. The highest BCUT2D eigenvalue weighted by Gasteiger charge is 2.22. The van der Waals surface area contributed by atoms with Gasteiger partial charge in [0.15, 0.2) is 0 Å². The normalized spacial score (nSPS) is 18.2. The zero-order valence-electron chi connectivity index (χ0n) is 14.3. The van der Waals surface area contributed by atoms with Crippen LogP contribution in [-0.2, 0) is 17.8 Å². The van der Waals surface area contributed by atoms with E-state index in [0.29, 0.717) is 25.4 Å². The quantitative estimate of drug-likeness (QED) is 0.826. The lowest BCUT2D eigenvalue weighted by molar-refractivity contribution is -0.122. The highest BCUT2D eigenvalue weighted by Crippen LogP contribution is 2.17. The van der Waals surface area contributed by atoms with Crippen LogP contribution in [0.15, 0.2) is 36.9 Å². The molecule has 1 N–H and O–H groups in total. The fraction of sp³-hybridized carbons (Fsp3) is 0.500. The van der Waals surface area contributed by atoms with Crippen LogP contribution in [0.4, 0.5) is 4.39 Å². The zero-order valence-corrected chi connectivity index (χ0v) is 14.3. The molecular weight excluding hydrogens is 321 g/mol. The number of nitrogens with one attached hydrogen (secondary N) is 1. The molecule has 7 heteroatoms. The van der Waals surface area contributed by atoms with E-state index >= 15 is 0 Å². The van der Waals surface area contributed by atoms with Crippen LogP contribution in [0.1, 0.15) is 18.4 Å². The highest BCUT2D eigenvalue weighted by molar-refractivity contribution is 5.78. The SMILES string of the molecule is O=C(CN1CCCC(Cn2cncn2)C1)NCCc1ccc(F)cc1. The zero-order chi connectivity index (χ0) is 17.5. The van der Waals surface area contributed by atoms with Gasteiger partial charge < -0.3 is 5.32 Å². The molecule has 25 heavy (non-hydrogen) atoms. The number of aromatic nitrogens is 3. The number of hydrogen-bond donors (Lipinski definition) is 1. The van der Waals surface area contributed by atoms with E-state index in [1.54, 1.807) is 24.8 Å². The Kier molecular flexibility index (Phi) is 6.11. The van der Waals surface area contributed by atoms with Gasteiger partial charge in [-0.1, -0.05) is 12.1 Å². The Morgan fingerprint density at radius 1 is 1.32 bits per heavy atom. The molecule has 1 aliphatic heterocycles. The molecule has 1 unspecified atom stereocenters. The molecule has 2 heterocycles. The van der Waals surface area contributed by atoms with Gasteiger partial charge in [-0.05, 0) is 49.4 Å². The summed E-state index contributed by atoms with van der Waals surface area (Å²) in [4.78, 5) is 18.3. The van der Waals surface area contributed by atoms with Crippen molar-refractivity contribution in [3.63, 3.8) is 0 Å². The lowest BCUT2D eigenvalue weighted by Gasteiger charge is -2.32. The van der Waals surface area contributed by atoms with Crippen molar-refractivity contribution in [3.8, 4) is 0 Å². The van der Waals surface area contributed by atoms with E-state index < -0.39 is 0 Å². The molecular formula is C18H24FN5O. The van der Waals surface area contributed by atoms with Gasteiger partial charge >= 0.3 is 0 Å². The maximum absolute atomic E-state index is 12.9. The Morgan fingerprint density at radius 3 is 2.92 bits per heavy atom. The van der Waals surface area contributed by atoms with Gasteiger partial charge in [0.1, 0.15) is 18.5 Å². The van der Waals surface area contributed by atoms with Crippen molar-refractivity contribution in [3.05, 3.63) is 48.3 Å². The lowest BCUT2D eigenvalue weighted by Crippen LogP contribution is -2.43. The monoisotopic (exact) mass is 345 g/mol. The summed E-state index contributed by atoms with van der Waals surface area (Å²) in [5, 5.41) is 7.11. The summed E-state index contributed by atoms with van der Waals surface area (Å²) in [7, 11) is 0. The first-order valence-electron chi connectivity index (χ1n) is 8.75. The second-order valence-electron chi connectivity index (χ2n) is 6.59. The summed E-state index contributed by atoms with van der Waals surface area (Å²) in [6.45, 7) is 3.71. The van der Waals surface area contributed by atoms with Gasteiger partial charge in [0.05, 0.1) is 6.54 Å². The minimum absolute atomic E-state index is 0.0449. The van der Waals surface area contributed by atoms with Gasteiger partial charge in [-0.2, -0.15) is 5.10 Å². The predicted octanol–water partition coefficient (Wildman–Crippen LogP) is 1.49. The fourth-order valence-electron chi connectivity index (χ4n) is 3.29. The summed E-state index contributed by atoms with van der Waals surface area (Å²) in [5.41, 5.74) is 1.02. The minimum atomic E-state index is -0.238. The van der Waals surface area contributed by atoms with Crippen LogP contribution in [0, 0.1) is 11.7 Å². The van der Waals surface area contributed by atoms with Crippen LogP contribution >= 0.6 is 0 Å². The molecule has 2 aromatic rings. The van der Waals surface area contributed by atoms with Crippen molar-refractivity contribution in [1.82, 2.24) is 25.0 Å². The van der Waals surface area contributed by atoms with Gasteiger partial charge in [-0.3, -0.25) is 14.4 Å². The standard InChI is InChI=1S/C18H24FN5O/c19-17-5-3-15(4-6-17)7-8-21-18(25)12-23-9-1-2-16(10-23)11-24-14-20-13-22-24/h3-6,13-14,16H,1-2,7-12H2,(H,21,25). The van der Waals surface area contributed by atoms with Gasteiger partial charge in [-0.15, -0.1) is 0 Å². The third-order valence-electron chi connectivity index (χ3n) is 4.53. The van der Waals surface area contributed by atoms with Gasteiger partial charge in [0.25, 0.3) is 0 Å². The van der Waals surface area contributed by atoms with E-state index in [2.05, 4.69) is 20.3 Å². The number of nitrogens with zero attached hydrogens (tertiary/aromatic N) is 4. The van der Waals surface area contributed by atoms with E-state index in [0.717, 1.165) is 38.0 Å². The second-order valence-corrected chi connectivity index (χ2v) is 6.59. The Bertz CT molecular complexity index is 659. The first-order valence-corrected chi connectivity index (χ1v) is 8.75. The topological polar surface area (TPSA) is 63.1 Å². The maximum atomic E-state index is 12.9. The smallest absolute Gasteiger partial charge is 0.234 e. The molecule has 6 nitrogen and oxygen atoms in total. The van der Waals surface area contributed by atoms with Crippen molar-refractivity contribution in [2.45, 2.75) is 25.8 Å². The average molecular weight is 345 g/mol. The largest absolute Gasteiger partial charge is 0.355 e. The first kappa shape index (κ1) is 17.5. The van der Waals surface area contributed by atoms with Crippen LogP contribution in [0.5, 0.6) is 0 Å². The molecule has 0 aliphatic carbocycles. The van der Waals surface area contributed by atoms with E-state index in [9.17, 15) is 9.18 Å². The summed E-state index contributed by atoms with van der Waals surface area (Å²) in [6, 6.07) is 6.39. The summed E-state index contributed by atoms with van der Waals surface area (Å²) in [5.74, 6) is 0.310. The van der Waals surface area contributed by atoms with Gasteiger partial charge in [-0.25, -0.2) is 9.37 Å². The Labute approximate surface area is 147 Å². The number of carbonyl (C=O) groups excluding carboxylic acids is 1. The molecule has 1 saturated heterocycles. The van der Waals surface area contributed by atoms with Crippen molar-refractivity contribution in [2.24, 2.45) is 5.92 Å². The molecule has 0 saturated carbocycles. The van der Waals surface area contributed by atoms with Crippen LogP contribution in [0.2, 0.25) is 0 Å². The van der Waals surface area contributed by atoms with Crippen LogP contribution in [0.3, 0.4) is 0 Å². The number of amides is 1. The molecule has 0 radical (unpaired) electrons. The van der Waals surface area contributed by atoms with E-state index in [-0.39, 0.29) is 11.7 Å². The minimum Gasteiger partial charge on any atom is -0.355 e. The van der Waals surface area contributed by atoms with Crippen LogP contribution in [0.25, 0.3) is 0 Å². The molecule has 0 spiro atoms. The first-order chi connectivity index (χ1) is 12.2. The van der Waals surface area contributed by atoms with Gasteiger partial charge in [0, 0.05) is 19.6 Å². The fourth-order valence-corrected chi connectivity index (χ4v) is 3.29. The number of likely N-dealkylation sites (tertiary alicyclic amines) is 1. The molecule has 1 fully saturated rings. The lowest BCUT2D eigenvalue weighted by atomic mass is 9.98. The van der Waals surface area contributed by atoms with Crippen molar-refractivity contribution < 1.29 is 9.18 Å². The number of carbonyl (C=O) groups is 1. The third kappa shape index (κ3) is 5.63. The Hall–Kier alpha value is -2.28. The summed E-state index contributed by atoms with van der Waals surface area (Å²) in [6.07, 6.45) is 6.25. The molecule has 1 aromatic heterocycles. The van der Waals surface area contributed by atoms with Crippen molar-refractivity contribution >= 4 is 5.91 Å². The maximum Gasteiger partial charge on any atom is 0.234 e.